The molecule has 0 atom stereocenters. The maximum atomic E-state index is 12.1. The molecule has 0 aromatic heterocycles. The summed E-state index contributed by atoms with van der Waals surface area (Å²) in [4.78, 5) is 24.8. The van der Waals surface area contributed by atoms with Gasteiger partial charge in [0.2, 0.25) is 0 Å². The third kappa shape index (κ3) is 4.84. The van der Waals surface area contributed by atoms with Gasteiger partial charge in [-0.05, 0) is 43.0 Å². The van der Waals surface area contributed by atoms with Crippen LogP contribution >= 0.6 is 27.7 Å². The van der Waals surface area contributed by atoms with Gasteiger partial charge in [-0.3, -0.25) is 4.79 Å². The van der Waals surface area contributed by atoms with Crippen LogP contribution in [-0.4, -0.2) is 24.7 Å². The molecule has 0 radical (unpaired) electrons. The minimum Gasteiger partial charge on any atom is -0.452 e. The van der Waals surface area contributed by atoms with Gasteiger partial charge < -0.3 is 10.1 Å². The van der Waals surface area contributed by atoms with Gasteiger partial charge in [-0.1, -0.05) is 34.1 Å². The molecule has 120 valence electrons. The average Bonchev–Trinajstić information content (AvgIpc) is 2.56. The number of esters is 1. The second kappa shape index (κ2) is 8.17. The van der Waals surface area contributed by atoms with Crippen molar-refractivity contribution in [3.05, 3.63) is 58.1 Å². The molecule has 0 unspecified atom stereocenters. The van der Waals surface area contributed by atoms with Crippen molar-refractivity contribution in [1.82, 2.24) is 0 Å². The van der Waals surface area contributed by atoms with E-state index in [2.05, 4.69) is 21.2 Å². The van der Waals surface area contributed by atoms with Crippen molar-refractivity contribution in [1.29, 1.82) is 0 Å². The third-order valence-corrected chi connectivity index (χ3v) is 4.77. The Balaban J connectivity index is 1.93. The zero-order valence-corrected chi connectivity index (χ0v) is 15.2. The Kier molecular flexibility index (Phi) is 6.24. The van der Waals surface area contributed by atoms with E-state index in [4.69, 9.17) is 4.74 Å². The van der Waals surface area contributed by atoms with Gasteiger partial charge in [-0.25, -0.2) is 4.79 Å². The smallest absolute Gasteiger partial charge is 0.339 e. The average molecular weight is 394 g/mol. The normalized spacial score (nSPS) is 10.2. The summed E-state index contributed by atoms with van der Waals surface area (Å²) < 4.78 is 5.99. The second-order valence-electron chi connectivity index (χ2n) is 4.79. The molecule has 0 saturated carbocycles. The highest BCUT2D eigenvalue weighted by molar-refractivity contribution is 9.10. The van der Waals surface area contributed by atoms with Crippen LogP contribution in [0, 0.1) is 6.92 Å². The number of nitrogens with one attached hydrogen (secondary N) is 1. The van der Waals surface area contributed by atoms with Crippen LogP contribution in [-0.2, 0) is 9.53 Å². The minimum atomic E-state index is -0.504. The van der Waals surface area contributed by atoms with Gasteiger partial charge in [0.25, 0.3) is 5.91 Å². The molecule has 2 aromatic carbocycles. The number of hydrogen-bond acceptors (Lipinski definition) is 4. The number of anilines is 1. The van der Waals surface area contributed by atoms with E-state index in [1.165, 1.54) is 11.8 Å². The molecule has 4 nitrogen and oxygen atoms in total. The molecule has 0 aliphatic rings. The molecule has 0 heterocycles. The highest BCUT2D eigenvalue weighted by Gasteiger charge is 2.14. The minimum absolute atomic E-state index is 0.326. The first kappa shape index (κ1) is 17.6. The number of aryl methyl sites for hydroxylation is 1. The van der Waals surface area contributed by atoms with Crippen LogP contribution in [0.15, 0.2) is 51.8 Å². The molecule has 2 aromatic rings. The van der Waals surface area contributed by atoms with Crippen molar-refractivity contribution < 1.29 is 14.3 Å². The van der Waals surface area contributed by atoms with Crippen LogP contribution in [0.1, 0.15) is 15.9 Å². The predicted molar refractivity (Wildman–Crippen MR) is 96.0 cm³/mol. The van der Waals surface area contributed by atoms with E-state index >= 15 is 0 Å². The molecule has 1 N–H and O–H groups in total. The monoisotopic (exact) mass is 393 g/mol. The van der Waals surface area contributed by atoms with Gasteiger partial charge in [-0.2, -0.15) is 0 Å². The summed E-state index contributed by atoms with van der Waals surface area (Å²) in [5.41, 5.74) is 2.18. The molecule has 0 aliphatic heterocycles. The fourth-order valence-electron chi connectivity index (χ4n) is 1.89. The molecule has 6 heteroatoms. The SMILES string of the molecule is CSc1ccccc1C(=O)OCC(=O)Nc1ccc(C)c(Br)c1. The quantitative estimate of drug-likeness (QED) is 0.608. The number of carbonyl (C=O) groups is 2. The largest absolute Gasteiger partial charge is 0.452 e. The summed E-state index contributed by atoms with van der Waals surface area (Å²) in [7, 11) is 0. The Hall–Kier alpha value is -1.79. The zero-order valence-electron chi connectivity index (χ0n) is 12.8. The lowest BCUT2D eigenvalue weighted by atomic mass is 10.2. The maximum absolute atomic E-state index is 12.1. The van der Waals surface area contributed by atoms with Crippen LogP contribution < -0.4 is 5.32 Å². The van der Waals surface area contributed by atoms with E-state index in [9.17, 15) is 9.59 Å². The fourth-order valence-corrected chi connectivity index (χ4v) is 2.85. The van der Waals surface area contributed by atoms with Gasteiger partial charge in [-0.15, -0.1) is 11.8 Å². The van der Waals surface area contributed by atoms with Gasteiger partial charge in [0.15, 0.2) is 6.61 Å². The van der Waals surface area contributed by atoms with E-state index in [1.54, 1.807) is 24.3 Å². The number of amides is 1. The highest BCUT2D eigenvalue weighted by atomic mass is 79.9. The van der Waals surface area contributed by atoms with Crippen LogP contribution in [0.3, 0.4) is 0 Å². The van der Waals surface area contributed by atoms with Crippen molar-refractivity contribution in [2.75, 3.05) is 18.2 Å². The van der Waals surface area contributed by atoms with E-state index < -0.39 is 5.97 Å². The molecule has 1 amide bonds. The van der Waals surface area contributed by atoms with Crippen molar-refractivity contribution >= 4 is 45.3 Å². The molecular weight excluding hydrogens is 378 g/mol. The fraction of sp³-hybridized carbons (Fsp3) is 0.176. The lowest BCUT2D eigenvalue weighted by molar-refractivity contribution is -0.119. The number of carbonyl (C=O) groups excluding carboxylic acids is 2. The van der Waals surface area contributed by atoms with Crippen LogP contribution in [0.5, 0.6) is 0 Å². The standard InChI is InChI=1S/C17H16BrNO3S/c1-11-7-8-12(9-14(11)18)19-16(20)10-22-17(21)13-5-3-4-6-15(13)23-2/h3-9H,10H2,1-2H3,(H,19,20). The lowest BCUT2D eigenvalue weighted by Crippen LogP contribution is -2.21. The van der Waals surface area contributed by atoms with Gasteiger partial charge >= 0.3 is 5.97 Å². The molecule has 0 bridgehead atoms. The molecule has 0 spiro atoms. The Morgan fingerprint density at radius 3 is 2.65 bits per heavy atom. The molecule has 2 rings (SSSR count). The summed E-state index contributed by atoms with van der Waals surface area (Å²) in [6, 6.07) is 12.6. The summed E-state index contributed by atoms with van der Waals surface area (Å²) in [6.45, 7) is 1.63. The Bertz CT molecular complexity index is 734. The van der Waals surface area contributed by atoms with Crippen molar-refractivity contribution in [3.8, 4) is 0 Å². The number of ether oxygens (including phenoxy) is 1. The van der Waals surface area contributed by atoms with Crippen molar-refractivity contribution in [2.45, 2.75) is 11.8 Å². The molecular formula is C17H16BrNO3S. The molecule has 0 saturated heterocycles. The number of hydrogen-bond donors (Lipinski definition) is 1. The number of thioether (sulfide) groups is 1. The topological polar surface area (TPSA) is 55.4 Å². The number of benzene rings is 2. The lowest BCUT2D eigenvalue weighted by Gasteiger charge is -2.09. The van der Waals surface area contributed by atoms with Crippen LogP contribution in [0.2, 0.25) is 0 Å². The molecule has 23 heavy (non-hydrogen) atoms. The van der Waals surface area contributed by atoms with Crippen molar-refractivity contribution in [2.24, 2.45) is 0 Å². The summed E-state index contributed by atoms with van der Waals surface area (Å²) in [6.07, 6.45) is 1.88. The van der Waals surface area contributed by atoms with Gasteiger partial charge in [0.1, 0.15) is 0 Å². The molecule has 0 fully saturated rings. The Labute approximate surface area is 147 Å². The summed E-state index contributed by atoms with van der Waals surface area (Å²) in [5, 5.41) is 2.69. The zero-order chi connectivity index (χ0) is 16.8. The maximum Gasteiger partial charge on any atom is 0.339 e. The Morgan fingerprint density at radius 2 is 1.96 bits per heavy atom. The third-order valence-electron chi connectivity index (χ3n) is 3.12. The molecule has 0 aliphatic carbocycles. The van der Waals surface area contributed by atoms with E-state index in [0.29, 0.717) is 11.3 Å². The van der Waals surface area contributed by atoms with Crippen LogP contribution in [0.4, 0.5) is 5.69 Å². The number of halogens is 1. The van der Waals surface area contributed by atoms with E-state index in [0.717, 1.165) is 14.9 Å². The van der Waals surface area contributed by atoms with E-state index in [1.807, 2.05) is 31.4 Å². The first-order valence-electron chi connectivity index (χ1n) is 6.87. The highest BCUT2D eigenvalue weighted by Crippen LogP contribution is 2.21. The second-order valence-corrected chi connectivity index (χ2v) is 6.49. The predicted octanol–water partition coefficient (Wildman–Crippen LogP) is 4.27. The summed E-state index contributed by atoms with van der Waals surface area (Å²) >= 11 is 4.86. The first-order valence-corrected chi connectivity index (χ1v) is 8.89. The van der Waals surface area contributed by atoms with Crippen molar-refractivity contribution in [3.63, 3.8) is 0 Å². The van der Waals surface area contributed by atoms with E-state index in [-0.39, 0.29) is 12.5 Å². The Morgan fingerprint density at radius 1 is 1.22 bits per heavy atom. The van der Waals surface area contributed by atoms with Crippen LogP contribution in [0.25, 0.3) is 0 Å². The van der Waals surface area contributed by atoms with Gasteiger partial charge in [0.05, 0.1) is 5.56 Å². The van der Waals surface area contributed by atoms with Gasteiger partial charge in [0, 0.05) is 15.1 Å². The number of rotatable bonds is 5. The first-order chi connectivity index (χ1) is 11.0. The summed E-state index contributed by atoms with van der Waals surface area (Å²) in [5.74, 6) is -0.883.